The molecule has 2 unspecified atom stereocenters. The lowest BCUT2D eigenvalue weighted by atomic mass is 10.1. The van der Waals surface area contributed by atoms with E-state index in [0.29, 0.717) is 6.42 Å². The summed E-state index contributed by atoms with van der Waals surface area (Å²) >= 11 is 0. The Morgan fingerprint density at radius 1 is 1.75 bits per heavy atom. The molecule has 1 saturated heterocycles. The molecular weight excluding hydrogens is 238 g/mol. The van der Waals surface area contributed by atoms with Crippen LogP contribution in [0, 0.1) is 0 Å². The van der Waals surface area contributed by atoms with Crippen molar-refractivity contribution in [1.29, 1.82) is 0 Å². The average molecular weight is 255 g/mol. The molecule has 0 aliphatic carbocycles. The molecule has 1 amide bonds. The molecule has 2 atom stereocenters. The van der Waals surface area contributed by atoms with E-state index in [1.165, 1.54) is 0 Å². The molecule has 1 fully saturated rings. The lowest BCUT2D eigenvalue weighted by Gasteiger charge is -2.15. The van der Waals surface area contributed by atoms with Crippen LogP contribution >= 0.6 is 12.4 Å². The lowest BCUT2D eigenvalue weighted by Crippen LogP contribution is -2.44. The highest BCUT2D eigenvalue weighted by Crippen LogP contribution is 2.25. The number of amides is 1. The number of alkyl halides is 2. The molecule has 16 heavy (non-hydrogen) atoms. The number of hydrogen-bond donors (Lipinski definition) is 2. The Morgan fingerprint density at radius 3 is 2.81 bits per heavy atom. The van der Waals surface area contributed by atoms with Gasteiger partial charge in [-0.15, -0.1) is 19.0 Å². The van der Waals surface area contributed by atoms with Gasteiger partial charge in [0.25, 0.3) is 5.92 Å². The SMILES string of the molecule is C=CCC(C)NC(=O)C1CC(F)(F)CN1.Cl. The van der Waals surface area contributed by atoms with Crippen molar-refractivity contribution in [1.82, 2.24) is 10.6 Å². The number of carbonyl (C=O) groups excluding carboxylic acids is 1. The first-order valence-corrected chi connectivity index (χ1v) is 4.97. The summed E-state index contributed by atoms with van der Waals surface area (Å²) in [6.07, 6.45) is 1.90. The summed E-state index contributed by atoms with van der Waals surface area (Å²) in [5.74, 6) is -3.12. The first kappa shape index (κ1) is 15.3. The summed E-state index contributed by atoms with van der Waals surface area (Å²) in [4.78, 5) is 11.5. The Morgan fingerprint density at radius 2 is 2.38 bits per heavy atom. The molecular formula is C10H17ClF2N2O. The molecule has 1 aliphatic rings. The fraction of sp³-hybridized carbons (Fsp3) is 0.700. The van der Waals surface area contributed by atoms with Gasteiger partial charge < -0.3 is 5.32 Å². The van der Waals surface area contributed by atoms with Gasteiger partial charge in [0.15, 0.2) is 0 Å². The first-order valence-electron chi connectivity index (χ1n) is 4.97. The second-order valence-electron chi connectivity index (χ2n) is 3.93. The Balaban J connectivity index is 0.00000225. The van der Waals surface area contributed by atoms with Gasteiger partial charge in [0, 0.05) is 12.5 Å². The highest BCUT2D eigenvalue weighted by atomic mass is 35.5. The van der Waals surface area contributed by atoms with E-state index in [2.05, 4.69) is 17.2 Å². The van der Waals surface area contributed by atoms with Crippen LogP contribution in [-0.2, 0) is 4.79 Å². The maximum Gasteiger partial charge on any atom is 0.262 e. The number of halogens is 3. The predicted octanol–water partition coefficient (Wildman–Crippen LogP) is 1.49. The van der Waals surface area contributed by atoms with E-state index >= 15 is 0 Å². The first-order chi connectivity index (χ1) is 6.94. The van der Waals surface area contributed by atoms with Crippen molar-refractivity contribution in [2.45, 2.75) is 37.8 Å². The minimum Gasteiger partial charge on any atom is -0.352 e. The molecule has 0 spiro atoms. The summed E-state index contributed by atoms with van der Waals surface area (Å²) < 4.78 is 25.6. The van der Waals surface area contributed by atoms with Crippen molar-refractivity contribution in [3.05, 3.63) is 12.7 Å². The highest BCUT2D eigenvalue weighted by Gasteiger charge is 2.42. The van der Waals surface area contributed by atoms with Gasteiger partial charge in [-0.25, -0.2) is 8.78 Å². The van der Waals surface area contributed by atoms with Crippen LogP contribution in [0.4, 0.5) is 8.78 Å². The molecule has 1 heterocycles. The van der Waals surface area contributed by atoms with E-state index in [1.807, 2.05) is 6.92 Å². The molecule has 0 radical (unpaired) electrons. The van der Waals surface area contributed by atoms with Crippen LogP contribution in [-0.4, -0.2) is 30.5 Å². The second-order valence-corrected chi connectivity index (χ2v) is 3.93. The Kier molecular flexibility index (Phi) is 5.89. The molecule has 0 aromatic rings. The van der Waals surface area contributed by atoms with Crippen LogP contribution in [0.2, 0.25) is 0 Å². The largest absolute Gasteiger partial charge is 0.352 e. The summed E-state index contributed by atoms with van der Waals surface area (Å²) in [7, 11) is 0. The quantitative estimate of drug-likeness (QED) is 0.747. The van der Waals surface area contributed by atoms with Gasteiger partial charge in [0.2, 0.25) is 5.91 Å². The van der Waals surface area contributed by atoms with Crippen molar-refractivity contribution in [2.75, 3.05) is 6.54 Å². The van der Waals surface area contributed by atoms with E-state index in [1.54, 1.807) is 6.08 Å². The van der Waals surface area contributed by atoms with E-state index in [4.69, 9.17) is 0 Å². The van der Waals surface area contributed by atoms with Gasteiger partial charge in [0.05, 0.1) is 12.6 Å². The molecule has 0 aromatic heterocycles. The van der Waals surface area contributed by atoms with Crippen molar-refractivity contribution >= 4 is 18.3 Å². The molecule has 1 rings (SSSR count). The smallest absolute Gasteiger partial charge is 0.262 e. The van der Waals surface area contributed by atoms with Gasteiger partial charge in [-0.3, -0.25) is 10.1 Å². The van der Waals surface area contributed by atoms with Crippen LogP contribution in [0.5, 0.6) is 0 Å². The number of nitrogens with one attached hydrogen (secondary N) is 2. The molecule has 2 N–H and O–H groups in total. The summed E-state index contributed by atoms with van der Waals surface area (Å²) in [6.45, 7) is 4.94. The van der Waals surface area contributed by atoms with E-state index in [9.17, 15) is 13.6 Å². The third-order valence-electron chi connectivity index (χ3n) is 2.34. The Labute approximate surface area is 100 Å². The lowest BCUT2D eigenvalue weighted by molar-refractivity contribution is -0.124. The van der Waals surface area contributed by atoms with E-state index in [0.717, 1.165) is 0 Å². The van der Waals surface area contributed by atoms with Crippen LogP contribution in [0.15, 0.2) is 12.7 Å². The standard InChI is InChI=1S/C10H16F2N2O.ClH/c1-3-4-7(2)14-9(15)8-5-10(11,12)6-13-8;/h3,7-8,13H,1,4-6H2,2H3,(H,14,15);1H. The molecule has 0 bridgehead atoms. The van der Waals surface area contributed by atoms with Crippen LogP contribution in [0.1, 0.15) is 19.8 Å². The maximum absolute atomic E-state index is 12.8. The van der Waals surface area contributed by atoms with Crippen LogP contribution in [0.25, 0.3) is 0 Å². The van der Waals surface area contributed by atoms with E-state index < -0.39 is 24.9 Å². The third-order valence-corrected chi connectivity index (χ3v) is 2.34. The van der Waals surface area contributed by atoms with Crippen LogP contribution < -0.4 is 10.6 Å². The predicted molar refractivity (Wildman–Crippen MR) is 61.0 cm³/mol. The average Bonchev–Trinajstić information content (AvgIpc) is 2.46. The zero-order chi connectivity index (χ0) is 11.5. The van der Waals surface area contributed by atoms with Gasteiger partial charge in [-0.2, -0.15) is 0 Å². The second kappa shape index (κ2) is 6.15. The number of carbonyl (C=O) groups is 1. The zero-order valence-corrected chi connectivity index (χ0v) is 9.95. The Bertz CT molecular complexity index is 261. The van der Waals surface area contributed by atoms with Crippen molar-refractivity contribution in [3.63, 3.8) is 0 Å². The normalized spacial score (nSPS) is 24.3. The fourth-order valence-electron chi connectivity index (χ4n) is 1.55. The van der Waals surface area contributed by atoms with Gasteiger partial charge in [-0.05, 0) is 13.3 Å². The molecule has 94 valence electrons. The van der Waals surface area contributed by atoms with E-state index in [-0.39, 0.29) is 24.4 Å². The highest BCUT2D eigenvalue weighted by molar-refractivity contribution is 5.85. The number of rotatable bonds is 4. The van der Waals surface area contributed by atoms with Gasteiger partial charge in [-0.1, -0.05) is 6.08 Å². The monoisotopic (exact) mass is 254 g/mol. The molecule has 0 aromatic carbocycles. The minimum absolute atomic E-state index is 0. The molecule has 6 heteroatoms. The van der Waals surface area contributed by atoms with Crippen molar-refractivity contribution < 1.29 is 13.6 Å². The minimum atomic E-state index is -2.76. The molecule has 0 saturated carbocycles. The summed E-state index contributed by atoms with van der Waals surface area (Å²) in [5.41, 5.74) is 0. The molecule has 1 aliphatic heterocycles. The zero-order valence-electron chi connectivity index (χ0n) is 9.13. The number of hydrogen-bond acceptors (Lipinski definition) is 2. The van der Waals surface area contributed by atoms with Crippen molar-refractivity contribution in [2.24, 2.45) is 0 Å². The van der Waals surface area contributed by atoms with Crippen molar-refractivity contribution in [3.8, 4) is 0 Å². The van der Waals surface area contributed by atoms with Gasteiger partial charge in [0.1, 0.15) is 0 Å². The fourth-order valence-corrected chi connectivity index (χ4v) is 1.55. The topological polar surface area (TPSA) is 41.1 Å². The maximum atomic E-state index is 12.8. The van der Waals surface area contributed by atoms with Gasteiger partial charge >= 0.3 is 0 Å². The summed E-state index contributed by atoms with van der Waals surface area (Å²) in [6, 6.07) is -0.835. The molecule has 3 nitrogen and oxygen atoms in total. The Hall–Kier alpha value is -0.680. The van der Waals surface area contributed by atoms with Crippen LogP contribution in [0.3, 0.4) is 0 Å². The third kappa shape index (κ3) is 4.45. The summed E-state index contributed by atoms with van der Waals surface area (Å²) in [5, 5.41) is 5.16.